The summed E-state index contributed by atoms with van der Waals surface area (Å²) in [4.78, 5) is 25.6. The Labute approximate surface area is 210 Å². The Balaban J connectivity index is 1.21. The fourth-order valence-electron chi connectivity index (χ4n) is 10.3. The van der Waals surface area contributed by atoms with Crippen LogP contribution in [0.15, 0.2) is 0 Å². The fourth-order valence-corrected chi connectivity index (χ4v) is 10.3. The molecule has 0 N–H and O–H groups in total. The first-order valence-corrected chi connectivity index (χ1v) is 14.2. The topological polar surface area (TPSA) is 52.6 Å². The highest BCUT2D eigenvalue weighted by atomic mass is 19.3. The smallest absolute Gasteiger partial charge is 0.415 e. The lowest BCUT2D eigenvalue weighted by Gasteiger charge is -2.60. The summed E-state index contributed by atoms with van der Waals surface area (Å²) in [5.74, 6) is -13.5. The molecule has 0 spiro atoms. The number of carbonyl (C=O) groups is 2. The Bertz CT molecular complexity index is 801. The van der Waals surface area contributed by atoms with Gasteiger partial charge in [0.05, 0.1) is 0 Å². The number of carbonyl (C=O) groups excluding carboxylic acids is 2. The molecule has 0 atom stereocenters. The molecule has 8 aliphatic rings. The lowest BCUT2D eigenvalue weighted by molar-refractivity contribution is -0.273. The molecule has 8 fully saturated rings. The highest BCUT2D eigenvalue weighted by Gasteiger charge is 2.72. The minimum Gasteiger partial charge on any atom is -0.454 e. The van der Waals surface area contributed by atoms with Gasteiger partial charge in [-0.05, 0) is 124 Å². The van der Waals surface area contributed by atoms with E-state index in [0.717, 1.165) is 64.2 Å². The molecular formula is C28H38F4O4. The zero-order chi connectivity index (χ0) is 25.7. The summed E-state index contributed by atoms with van der Waals surface area (Å²) in [5, 5.41) is 0. The fraction of sp³-hybridized carbons (Fsp3) is 0.929. The van der Waals surface area contributed by atoms with E-state index in [1.54, 1.807) is 13.8 Å². The molecule has 0 unspecified atom stereocenters. The minimum absolute atomic E-state index is 0.0875. The van der Waals surface area contributed by atoms with Crippen molar-refractivity contribution >= 4 is 11.9 Å². The van der Waals surface area contributed by atoms with E-state index in [1.807, 2.05) is 0 Å². The zero-order valence-electron chi connectivity index (χ0n) is 21.2. The van der Waals surface area contributed by atoms with Crippen molar-refractivity contribution in [3.63, 3.8) is 0 Å². The van der Waals surface area contributed by atoms with E-state index in [-0.39, 0.29) is 23.7 Å². The van der Waals surface area contributed by atoms with E-state index < -0.39 is 35.0 Å². The maximum Gasteiger partial charge on any atom is 0.415 e. The van der Waals surface area contributed by atoms with Gasteiger partial charge >= 0.3 is 23.8 Å². The molecule has 8 saturated carbocycles. The monoisotopic (exact) mass is 514 g/mol. The van der Waals surface area contributed by atoms with Crippen LogP contribution in [0.5, 0.6) is 0 Å². The average molecular weight is 515 g/mol. The predicted octanol–water partition coefficient (Wildman–Crippen LogP) is 6.55. The van der Waals surface area contributed by atoms with E-state index >= 15 is 17.6 Å². The predicted molar refractivity (Wildman–Crippen MR) is 122 cm³/mol. The average Bonchev–Trinajstić information content (AvgIpc) is 2.82. The Morgan fingerprint density at radius 1 is 0.583 bits per heavy atom. The molecule has 0 radical (unpaired) electrons. The second kappa shape index (κ2) is 8.08. The van der Waals surface area contributed by atoms with Gasteiger partial charge in [0, 0.05) is 0 Å². The standard InChI is InChI=1S/C28H38F4O4/c1-3-25(19-7-15-5-16(9-19)10-20(25)8-15)35-23(33)27(29,30)28(31,32)24(34)36-26(4-2)21-11-17-6-18(13-21)14-22(26)12-17/h15-22H,3-14H2,1-2H3. The van der Waals surface area contributed by atoms with Crippen LogP contribution in [0.3, 0.4) is 0 Å². The van der Waals surface area contributed by atoms with E-state index in [9.17, 15) is 9.59 Å². The van der Waals surface area contributed by atoms with Gasteiger partial charge in [-0.2, -0.15) is 17.6 Å². The molecule has 0 heterocycles. The minimum atomic E-state index is -5.29. The molecule has 8 rings (SSSR count). The van der Waals surface area contributed by atoms with Crippen LogP contribution in [0.2, 0.25) is 0 Å². The highest BCUT2D eigenvalue weighted by Crippen LogP contribution is 2.62. The van der Waals surface area contributed by atoms with Gasteiger partial charge in [0.1, 0.15) is 11.2 Å². The second-order valence-electron chi connectivity index (χ2n) is 13.2. The van der Waals surface area contributed by atoms with Crippen molar-refractivity contribution in [1.82, 2.24) is 0 Å². The van der Waals surface area contributed by atoms with Crippen LogP contribution in [0.25, 0.3) is 0 Å². The number of esters is 2. The van der Waals surface area contributed by atoms with Crippen molar-refractivity contribution in [2.45, 2.75) is 114 Å². The molecule has 8 bridgehead atoms. The van der Waals surface area contributed by atoms with E-state index in [1.165, 1.54) is 0 Å². The molecule has 0 aromatic carbocycles. The molecule has 0 aromatic heterocycles. The number of ether oxygens (including phenoxy) is 2. The summed E-state index contributed by atoms with van der Waals surface area (Å²) >= 11 is 0. The third-order valence-corrected chi connectivity index (χ3v) is 11.6. The summed E-state index contributed by atoms with van der Waals surface area (Å²) in [6, 6.07) is 0. The van der Waals surface area contributed by atoms with Gasteiger partial charge in [-0.1, -0.05) is 13.8 Å². The molecular weight excluding hydrogens is 476 g/mol. The van der Waals surface area contributed by atoms with Gasteiger partial charge in [0.15, 0.2) is 0 Å². The number of halogens is 4. The van der Waals surface area contributed by atoms with E-state index in [0.29, 0.717) is 36.5 Å². The molecule has 8 heteroatoms. The first-order valence-electron chi connectivity index (χ1n) is 14.2. The van der Waals surface area contributed by atoms with Crippen molar-refractivity contribution in [1.29, 1.82) is 0 Å². The van der Waals surface area contributed by atoms with Gasteiger partial charge in [-0.15, -0.1) is 0 Å². The second-order valence-corrected chi connectivity index (χ2v) is 13.2. The number of hydrogen-bond acceptors (Lipinski definition) is 4. The first kappa shape index (κ1) is 25.0. The molecule has 202 valence electrons. The number of hydrogen-bond donors (Lipinski definition) is 0. The molecule has 0 saturated heterocycles. The Morgan fingerprint density at radius 2 is 0.833 bits per heavy atom. The number of alkyl halides is 4. The van der Waals surface area contributed by atoms with Crippen LogP contribution in [-0.4, -0.2) is 35.0 Å². The van der Waals surface area contributed by atoms with Gasteiger partial charge in [-0.25, -0.2) is 9.59 Å². The summed E-state index contributed by atoms with van der Waals surface area (Å²) in [6.45, 7) is 3.55. The van der Waals surface area contributed by atoms with E-state index in [4.69, 9.17) is 9.47 Å². The Hall–Kier alpha value is -1.34. The largest absolute Gasteiger partial charge is 0.454 e. The van der Waals surface area contributed by atoms with Gasteiger partial charge in [0.25, 0.3) is 0 Å². The number of rotatable bonds is 7. The first-order chi connectivity index (χ1) is 16.9. The van der Waals surface area contributed by atoms with Crippen LogP contribution >= 0.6 is 0 Å². The lowest BCUT2D eigenvalue weighted by Crippen LogP contribution is -2.64. The SMILES string of the molecule is CCC1(OC(=O)C(F)(F)C(F)(F)C(=O)OC2(CC)C3CC4CC(C3)CC2C4)C2CC3CC(C2)CC1C3. The molecule has 36 heavy (non-hydrogen) atoms. The lowest BCUT2D eigenvalue weighted by atomic mass is 9.49. The van der Waals surface area contributed by atoms with Gasteiger partial charge in [-0.3, -0.25) is 0 Å². The van der Waals surface area contributed by atoms with Crippen molar-refractivity contribution in [3.05, 3.63) is 0 Å². The van der Waals surface area contributed by atoms with Crippen LogP contribution in [0.4, 0.5) is 17.6 Å². The van der Waals surface area contributed by atoms with Crippen molar-refractivity contribution in [2.75, 3.05) is 0 Å². The highest BCUT2D eigenvalue weighted by molar-refractivity contribution is 5.90. The maximum absolute atomic E-state index is 15.2. The molecule has 8 aliphatic carbocycles. The summed E-state index contributed by atoms with van der Waals surface area (Å²) in [7, 11) is 0. The van der Waals surface area contributed by atoms with Crippen LogP contribution in [0, 0.1) is 47.3 Å². The Kier molecular flexibility index (Phi) is 5.60. The van der Waals surface area contributed by atoms with Gasteiger partial charge in [0.2, 0.25) is 0 Å². The van der Waals surface area contributed by atoms with Crippen molar-refractivity contribution in [2.24, 2.45) is 47.3 Å². The van der Waals surface area contributed by atoms with Crippen LogP contribution in [-0.2, 0) is 19.1 Å². The molecule has 4 nitrogen and oxygen atoms in total. The molecule has 0 aromatic rings. The van der Waals surface area contributed by atoms with Gasteiger partial charge < -0.3 is 9.47 Å². The summed E-state index contributed by atoms with van der Waals surface area (Å²) in [5.41, 5.74) is -2.31. The molecule has 0 amide bonds. The third kappa shape index (κ3) is 3.30. The van der Waals surface area contributed by atoms with Crippen molar-refractivity contribution < 1.29 is 36.6 Å². The molecule has 0 aliphatic heterocycles. The zero-order valence-corrected chi connectivity index (χ0v) is 21.2. The summed E-state index contributed by atoms with van der Waals surface area (Å²) in [6.07, 6.45) is 9.09. The Morgan fingerprint density at radius 3 is 1.06 bits per heavy atom. The van der Waals surface area contributed by atoms with Crippen molar-refractivity contribution in [3.8, 4) is 0 Å². The summed E-state index contributed by atoms with van der Waals surface area (Å²) < 4.78 is 71.6. The van der Waals surface area contributed by atoms with Crippen LogP contribution in [0.1, 0.15) is 90.9 Å². The quantitative estimate of drug-likeness (QED) is 0.285. The normalized spacial score (nSPS) is 46.7. The van der Waals surface area contributed by atoms with Crippen LogP contribution < -0.4 is 0 Å². The maximum atomic E-state index is 15.2. The third-order valence-electron chi connectivity index (χ3n) is 11.6. The van der Waals surface area contributed by atoms with E-state index in [2.05, 4.69) is 0 Å².